The molecule has 2 aromatic heterocycles. The van der Waals surface area contributed by atoms with Gasteiger partial charge in [-0.15, -0.1) is 0 Å². The van der Waals surface area contributed by atoms with Gasteiger partial charge in [-0.3, -0.25) is 9.71 Å². The molecule has 1 unspecified atom stereocenters. The molecule has 3 N–H and O–H groups in total. The van der Waals surface area contributed by atoms with E-state index in [1.165, 1.54) is 25.7 Å². The second-order valence-corrected chi connectivity index (χ2v) is 13.1. The first-order valence-electron chi connectivity index (χ1n) is 15.1. The minimum atomic E-state index is -3.76. The van der Waals surface area contributed by atoms with Crippen LogP contribution in [0.15, 0.2) is 76.4 Å². The van der Waals surface area contributed by atoms with Crippen LogP contribution < -0.4 is 14.9 Å². The van der Waals surface area contributed by atoms with Crippen LogP contribution in [0.2, 0.25) is 0 Å². The summed E-state index contributed by atoms with van der Waals surface area (Å²) in [5.74, 6) is 1.97. The van der Waals surface area contributed by atoms with Gasteiger partial charge in [0.1, 0.15) is 0 Å². The molecule has 4 aromatic rings. The molecule has 0 bridgehead atoms. The maximum absolute atomic E-state index is 13.2. The second-order valence-electron chi connectivity index (χ2n) is 11.4. The molecule has 3 heterocycles. The van der Waals surface area contributed by atoms with Crippen molar-refractivity contribution in [2.45, 2.75) is 62.4 Å². The monoisotopic (exact) mass is 602 g/mol. The Balaban J connectivity index is 1.01. The number of hydrogen-bond donors (Lipinski definition) is 3. The lowest BCUT2D eigenvalue weighted by molar-refractivity contribution is 0.174. The zero-order valence-electron chi connectivity index (χ0n) is 24.2. The Labute approximate surface area is 252 Å². The summed E-state index contributed by atoms with van der Waals surface area (Å²) in [6.07, 6.45) is 11.3. The lowest BCUT2D eigenvalue weighted by Crippen LogP contribution is -2.23. The van der Waals surface area contributed by atoms with E-state index in [-0.39, 0.29) is 4.90 Å². The molecule has 2 aromatic carbocycles. The maximum atomic E-state index is 13.2. The highest BCUT2D eigenvalue weighted by Crippen LogP contribution is 2.35. The van der Waals surface area contributed by atoms with Gasteiger partial charge in [0, 0.05) is 48.8 Å². The summed E-state index contributed by atoms with van der Waals surface area (Å²) in [6, 6.07) is 16.2. The van der Waals surface area contributed by atoms with Crippen LogP contribution in [0.4, 0.5) is 17.3 Å². The third kappa shape index (κ3) is 7.23. The SMILES string of the molecule is O=S(=O)(Nc1ccc(CCNCC(O)c2cccnc2)cc1)c1ccc2c(c1)CCN2c1noc(CCC2CCCC2)n1. The smallest absolute Gasteiger partial charge is 0.270 e. The van der Waals surface area contributed by atoms with E-state index in [4.69, 9.17) is 4.52 Å². The zero-order valence-corrected chi connectivity index (χ0v) is 25.0. The van der Waals surface area contributed by atoms with E-state index in [2.05, 4.69) is 25.2 Å². The van der Waals surface area contributed by atoms with Crippen LogP contribution in [0, 0.1) is 5.92 Å². The Bertz CT molecular complexity index is 1600. The summed E-state index contributed by atoms with van der Waals surface area (Å²) in [4.78, 5) is 10.9. The van der Waals surface area contributed by atoms with Crippen LogP contribution in [0.3, 0.4) is 0 Å². The molecule has 226 valence electrons. The molecule has 0 saturated heterocycles. The summed E-state index contributed by atoms with van der Waals surface area (Å²) >= 11 is 0. The molecule has 1 atom stereocenters. The second kappa shape index (κ2) is 13.2. The first kappa shape index (κ1) is 29.3. The molecule has 1 fully saturated rings. The molecule has 0 radical (unpaired) electrons. The topological polar surface area (TPSA) is 133 Å². The predicted octanol–water partition coefficient (Wildman–Crippen LogP) is 4.95. The number of aromatic nitrogens is 3. The number of nitrogens with one attached hydrogen (secondary N) is 2. The van der Waals surface area contributed by atoms with Gasteiger partial charge in [-0.05, 0) is 84.4 Å². The van der Waals surface area contributed by atoms with E-state index < -0.39 is 16.1 Å². The van der Waals surface area contributed by atoms with E-state index in [0.717, 1.165) is 47.6 Å². The van der Waals surface area contributed by atoms with Crippen LogP contribution in [0.5, 0.6) is 0 Å². The zero-order chi connectivity index (χ0) is 29.6. The van der Waals surface area contributed by atoms with Gasteiger partial charge in [-0.25, -0.2) is 8.42 Å². The largest absolute Gasteiger partial charge is 0.387 e. The van der Waals surface area contributed by atoms with Crippen molar-refractivity contribution in [3.8, 4) is 0 Å². The van der Waals surface area contributed by atoms with Gasteiger partial charge in [0.25, 0.3) is 16.0 Å². The molecule has 10 nitrogen and oxygen atoms in total. The minimum Gasteiger partial charge on any atom is -0.387 e. The third-order valence-electron chi connectivity index (χ3n) is 8.40. The number of pyridine rings is 1. The van der Waals surface area contributed by atoms with Crippen LogP contribution in [-0.4, -0.2) is 48.3 Å². The van der Waals surface area contributed by atoms with Gasteiger partial charge in [-0.2, -0.15) is 4.98 Å². The number of aryl methyl sites for hydroxylation is 1. The average Bonchev–Trinajstić information content (AvgIpc) is 3.80. The first-order chi connectivity index (χ1) is 20.9. The van der Waals surface area contributed by atoms with Crippen molar-refractivity contribution in [2.24, 2.45) is 5.92 Å². The lowest BCUT2D eigenvalue weighted by Gasteiger charge is -2.15. The molecular weight excluding hydrogens is 564 g/mol. The van der Waals surface area contributed by atoms with Crippen LogP contribution in [0.1, 0.15) is 60.8 Å². The number of nitrogens with zero attached hydrogens (tertiary/aromatic N) is 4. The Morgan fingerprint density at radius 1 is 1.07 bits per heavy atom. The fourth-order valence-corrected chi connectivity index (χ4v) is 7.06. The van der Waals surface area contributed by atoms with Gasteiger partial charge in [0.2, 0.25) is 5.89 Å². The van der Waals surface area contributed by atoms with Crippen molar-refractivity contribution < 1.29 is 18.0 Å². The van der Waals surface area contributed by atoms with Gasteiger partial charge in [0.05, 0.1) is 11.0 Å². The molecule has 1 saturated carbocycles. The molecule has 1 aliphatic carbocycles. The summed E-state index contributed by atoms with van der Waals surface area (Å²) in [6.45, 7) is 1.78. The Morgan fingerprint density at radius 3 is 2.70 bits per heavy atom. The van der Waals surface area contributed by atoms with E-state index in [1.807, 2.05) is 29.2 Å². The summed E-state index contributed by atoms with van der Waals surface area (Å²) in [7, 11) is -3.76. The standard InChI is InChI=1S/C32H38N6O4S/c39-30(26-6-3-17-33-21-26)22-34-18-15-24-7-10-27(11-8-24)37-43(40,41)28-12-13-29-25(20-28)16-19-38(29)32-35-31(42-36-32)14-9-23-4-1-2-5-23/h3,6-8,10-13,17,20-21,23,30,34,37,39H,1-2,4-5,9,14-16,18-19,22H2. The fourth-order valence-electron chi connectivity index (χ4n) is 5.95. The molecule has 6 rings (SSSR count). The molecule has 1 aliphatic heterocycles. The fraction of sp³-hybridized carbons (Fsp3) is 0.406. The third-order valence-corrected chi connectivity index (χ3v) is 9.78. The minimum absolute atomic E-state index is 0.221. The number of hydrogen-bond acceptors (Lipinski definition) is 9. The van der Waals surface area contributed by atoms with E-state index in [9.17, 15) is 13.5 Å². The summed E-state index contributed by atoms with van der Waals surface area (Å²) in [5, 5.41) is 17.7. The van der Waals surface area contributed by atoms with Gasteiger partial charge >= 0.3 is 0 Å². The Kier molecular flexibility index (Phi) is 9.01. The molecular formula is C32H38N6O4S. The number of rotatable bonds is 13. The summed E-state index contributed by atoms with van der Waals surface area (Å²) in [5.41, 5.74) is 4.19. The van der Waals surface area contributed by atoms with Gasteiger partial charge in [-0.1, -0.05) is 43.9 Å². The van der Waals surface area contributed by atoms with Gasteiger partial charge in [0.15, 0.2) is 0 Å². The quantitative estimate of drug-likeness (QED) is 0.182. The highest BCUT2D eigenvalue weighted by molar-refractivity contribution is 7.92. The van der Waals surface area contributed by atoms with Crippen molar-refractivity contribution in [2.75, 3.05) is 29.3 Å². The van der Waals surface area contributed by atoms with Crippen molar-refractivity contribution in [1.82, 2.24) is 20.4 Å². The normalized spacial score (nSPS) is 16.0. The van der Waals surface area contributed by atoms with E-state index >= 15 is 0 Å². The molecule has 0 amide bonds. The lowest BCUT2D eigenvalue weighted by atomic mass is 10.0. The number of aliphatic hydroxyl groups excluding tert-OH is 1. The molecule has 43 heavy (non-hydrogen) atoms. The van der Waals surface area contributed by atoms with Crippen molar-refractivity contribution in [3.05, 3.63) is 89.6 Å². The highest BCUT2D eigenvalue weighted by Gasteiger charge is 2.27. The van der Waals surface area contributed by atoms with Crippen molar-refractivity contribution >= 4 is 27.3 Å². The van der Waals surface area contributed by atoms with Crippen molar-refractivity contribution in [3.63, 3.8) is 0 Å². The number of benzene rings is 2. The number of anilines is 3. The van der Waals surface area contributed by atoms with Gasteiger partial charge < -0.3 is 19.8 Å². The Morgan fingerprint density at radius 2 is 1.91 bits per heavy atom. The molecule has 11 heteroatoms. The van der Waals surface area contributed by atoms with Crippen molar-refractivity contribution in [1.29, 1.82) is 0 Å². The average molecular weight is 603 g/mol. The van der Waals surface area contributed by atoms with Crippen LogP contribution in [0.25, 0.3) is 0 Å². The van der Waals surface area contributed by atoms with E-state index in [1.54, 1.807) is 42.7 Å². The number of aliphatic hydroxyl groups is 1. The van der Waals surface area contributed by atoms with Crippen LogP contribution >= 0.6 is 0 Å². The molecule has 2 aliphatic rings. The van der Waals surface area contributed by atoms with Crippen LogP contribution in [-0.2, 0) is 29.3 Å². The Hall–Kier alpha value is -3.80. The first-order valence-corrected chi connectivity index (χ1v) is 16.6. The highest BCUT2D eigenvalue weighted by atomic mass is 32.2. The molecule has 0 spiro atoms. The predicted molar refractivity (Wildman–Crippen MR) is 165 cm³/mol. The maximum Gasteiger partial charge on any atom is 0.270 e. The van der Waals surface area contributed by atoms with E-state index in [0.29, 0.717) is 43.6 Å². The number of sulfonamides is 1. The number of fused-ring (bicyclic) bond motifs is 1. The summed E-state index contributed by atoms with van der Waals surface area (Å²) < 4.78 is 34.7.